The van der Waals surface area contributed by atoms with Crippen molar-refractivity contribution in [3.05, 3.63) is 48.0 Å². The molecule has 0 amide bonds. The number of hydrogen-bond donors (Lipinski definition) is 2. The summed E-state index contributed by atoms with van der Waals surface area (Å²) in [6.07, 6.45) is 0.757. The summed E-state index contributed by atoms with van der Waals surface area (Å²) in [5.41, 5.74) is 7.91. The maximum absolute atomic E-state index is 5.96. The zero-order chi connectivity index (χ0) is 18.8. The number of benzene rings is 2. The highest BCUT2D eigenvalue weighted by molar-refractivity contribution is 5.92. The van der Waals surface area contributed by atoms with E-state index in [9.17, 15) is 0 Å². The van der Waals surface area contributed by atoms with Crippen molar-refractivity contribution in [1.82, 2.24) is 0 Å². The van der Waals surface area contributed by atoms with Crippen LogP contribution in [0.2, 0.25) is 0 Å². The van der Waals surface area contributed by atoms with E-state index in [1.54, 1.807) is 7.11 Å². The first-order chi connectivity index (χ1) is 12.7. The number of nitrogens with one attached hydrogen (secondary N) is 1. The number of anilines is 1. The molecule has 0 aromatic heterocycles. The highest BCUT2D eigenvalue weighted by Crippen LogP contribution is 2.28. The summed E-state index contributed by atoms with van der Waals surface area (Å²) in [7, 11) is 1.63. The predicted molar refractivity (Wildman–Crippen MR) is 106 cm³/mol. The topological polar surface area (TPSA) is 78.1 Å². The van der Waals surface area contributed by atoms with E-state index < -0.39 is 0 Å². The standard InChI is InChI=1S/C20H27N3O3/c1-4-25-18-10-9-15(13-19(18)26-5-2)11-12-22-20(21)23-16-7-6-8-17(14-16)24-3/h6-10,13-14H,4-5,11-12H2,1-3H3,(H3,21,22,23). The van der Waals surface area contributed by atoms with Crippen LogP contribution >= 0.6 is 0 Å². The van der Waals surface area contributed by atoms with Gasteiger partial charge in [0.1, 0.15) is 5.75 Å². The summed E-state index contributed by atoms with van der Waals surface area (Å²) < 4.78 is 16.4. The minimum atomic E-state index is 0.370. The second-order valence-corrected chi connectivity index (χ2v) is 5.52. The Morgan fingerprint density at radius 3 is 2.54 bits per heavy atom. The smallest absolute Gasteiger partial charge is 0.193 e. The number of rotatable bonds is 9. The average Bonchev–Trinajstić information content (AvgIpc) is 2.64. The summed E-state index contributed by atoms with van der Waals surface area (Å²) in [6, 6.07) is 13.5. The molecule has 140 valence electrons. The molecule has 0 heterocycles. The van der Waals surface area contributed by atoms with E-state index in [0.29, 0.717) is 25.7 Å². The van der Waals surface area contributed by atoms with Gasteiger partial charge in [-0.2, -0.15) is 0 Å². The third-order valence-electron chi connectivity index (χ3n) is 3.63. The maximum Gasteiger partial charge on any atom is 0.193 e. The van der Waals surface area contributed by atoms with Gasteiger partial charge in [-0.1, -0.05) is 12.1 Å². The zero-order valence-corrected chi connectivity index (χ0v) is 15.6. The molecule has 2 rings (SSSR count). The Labute approximate surface area is 155 Å². The fourth-order valence-electron chi connectivity index (χ4n) is 2.44. The van der Waals surface area contributed by atoms with Crippen molar-refractivity contribution in [2.45, 2.75) is 20.3 Å². The average molecular weight is 357 g/mol. The number of methoxy groups -OCH3 is 1. The predicted octanol–water partition coefficient (Wildman–Crippen LogP) is 3.46. The molecule has 3 N–H and O–H groups in total. The molecule has 0 aliphatic rings. The first kappa shape index (κ1) is 19.4. The highest BCUT2D eigenvalue weighted by Gasteiger charge is 2.06. The van der Waals surface area contributed by atoms with Crippen LogP contribution in [0.4, 0.5) is 5.69 Å². The lowest BCUT2D eigenvalue weighted by Gasteiger charge is -2.12. The van der Waals surface area contributed by atoms with Crippen molar-refractivity contribution >= 4 is 11.6 Å². The molecule has 0 fully saturated rings. The lowest BCUT2D eigenvalue weighted by molar-refractivity contribution is 0.287. The van der Waals surface area contributed by atoms with Gasteiger partial charge in [0.2, 0.25) is 0 Å². The fourth-order valence-corrected chi connectivity index (χ4v) is 2.44. The number of nitrogens with two attached hydrogens (primary N) is 1. The molecule has 0 bridgehead atoms. The van der Waals surface area contributed by atoms with Crippen molar-refractivity contribution in [2.24, 2.45) is 10.7 Å². The summed E-state index contributed by atoms with van der Waals surface area (Å²) >= 11 is 0. The maximum atomic E-state index is 5.96. The molecule has 6 heteroatoms. The first-order valence-corrected chi connectivity index (χ1v) is 8.75. The molecule has 0 radical (unpaired) electrons. The lowest BCUT2D eigenvalue weighted by Crippen LogP contribution is -2.23. The molecular weight excluding hydrogens is 330 g/mol. The molecule has 0 spiro atoms. The van der Waals surface area contributed by atoms with Gasteiger partial charge in [-0.25, -0.2) is 0 Å². The van der Waals surface area contributed by atoms with Crippen LogP contribution in [0.1, 0.15) is 19.4 Å². The SMILES string of the molecule is CCOc1ccc(CCN=C(N)Nc2cccc(OC)c2)cc1OCC. The van der Waals surface area contributed by atoms with Gasteiger partial charge < -0.3 is 25.3 Å². The highest BCUT2D eigenvalue weighted by atomic mass is 16.5. The molecule has 0 saturated heterocycles. The third-order valence-corrected chi connectivity index (χ3v) is 3.63. The Morgan fingerprint density at radius 1 is 1.04 bits per heavy atom. The van der Waals surface area contributed by atoms with Gasteiger partial charge in [0, 0.05) is 18.3 Å². The third kappa shape index (κ3) is 5.88. The molecule has 2 aromatic carbocycles. The van der Waals surface area contributed by atoms with Crippen LogP contribution in [0.25, 0.3) is 0 Å². The van der Waals surface area contributed by atoms with Crippen LogP contribution in [0.5, 0.6) is 17.2 Å². The molecule has 2 aromatic rings. The van der Waals surface area contributed by atoms with Gasteiger partial charge in [0.15, 0.2) is 17.5 Å². The van der Waals surface area contributed by atoms with E-state index in [2.05, 4.69) is 10.3 Å². The molecule has 0 aliphatic carbocycles. The number of guanidine groups is 1. The Hall–Kier alpha value is -2.89. The Morgan fingerprint density at radius 2 is 1.81 bits per heavy atom. The van der Waals surface area contributed by atoms with Gasteiger partial charge in [-0.05, 0) is 50.1 Å². The van der Waals surface area contributed by atoms with E-state index >= 15 is 0 Å². The van der Waals surface area contributed by atoms with E-state index in [1.807, 2.05) is 56.3 Å². The molecule has 0 saturated carbocycles. The van der Waals surface area contributed by atoms with Crippen molar-refractivity contribution in [2.75, 3.05) is 32.2 Å². The lowest BCUT2D eigenvalue weighted by atomic mass is 10.1. The van der Waals surface area contributed by atoms with Gasteiger partial charge >= 0.3 is 0 Å². The first-order valence-electron chi connectivity index (χ1n) is 8.75. The summed E-state index contributed by atoms with van der Waals surface area (Å²) in [5, 5.41) is 3.06. The monoisotopic (exact) mass is 357 g/mol. The number of nitrogens with zero attached hydrogens (tertiary/aromatic N) is 1. The van der Waals surface area contributed by atoms with Gasteiger partial charge in [0.05, 0.1) is 20.3 Å². The number of ether oxygens (including phenoxy) is 3. The second kappa shape index (κ2) is 10.2. The molecule has 0 atom stereocenters. The van der Waals surface area contributed by atoms with E-state index in [-0.39, 0.29) is 0 Å². The van der Waals surface area contributed by atoms with Crippen molar-refractivity contribution in [3.63, 3.8) is 0 Å². The molecule has 26 heavy (non-hydrogen) atoms. The van der Waals surface area contributed by atoms with Crippen LogP contribution in [0.15, 0.2) is 47.5 Å². The van der Waals surface area contributed by atoms with E-state index in [0.717, 1.165) is 34.9 Å². The van der Waals surface area contributed by atoms with Crippen LogP contribution in [-0.2, 0) is 6.42 Å². The Kier molecular flexibility index (Phi) is 7.61. The minimum Gasteiger partial charge on any atom is -0.497 e. The summed E-state index contributed by atoms with van der Waals surface area (Å²) in [6.45, 7) is 5.69. The molecule has 0 aliphatic heterocycles. The van der Waals surface area contributed by atoms with Crippen LogP contribution in [0, 0.1) is 0 Å². The quantitative estimate of drug-likeness (QED) is 0.531. The fraction of sp³-hybridized carbons (Fsp3) is 0.350. The van der Waals surface area contributed by atoms with Crippen molar-refractivity contribution < 1.29 is 14.2 Å². The van der Waals surface area contributed by atoms with Crippen LogP contribution in [0.3, 0.4) is 0 Å². The normalized spacial score (nSPS) is 11.1. The zero-order valence-electron chi connectivity index (χ0n) is 15.6. The van der Waals surface area contributed by atoms with Crippen LogP contribution < -0.4 is 25.3 Å². The van der Waals surface area contributed by atoms with Crippen LogP contribution in [-0.4, -0.2) is 32.8 Å². The van der Waals surface area contributed by atoms with Gasteiger partial charge in [-0.15, -0.1) is 0 Å². The summed E-state index contributed by atoms with van der Waals surface area (Å²) in [5.74, 6) is 2.66. The van der Waals surface area contributed by atoms with Crippen molar-refractivity contribution in [3.8, 4) is 17.2 Å². The van der Waals surface area contributed by atoms with Gasteiger partial charge in [0.25, 0.3) is 0 Å². The number of aliphatic imine (C=N–C) groups is 1. The van der Waals surface area contributed by atoms with Gasteiger partial charge in [-0.3, -0.25) is 4.99 Å². The largest absolute Gasteiger partial charge is 0.497 e. The Bertz CT molecular complexity index is 732. The molecular formula is C20H27N3O3. The molecule has 0 unspecified atom stereocenters. The van der Waals surface area contributed by atoms with Crippen molar-refractivity contribution in [1.29, 1.82) is 0 Å². The Balaban J connectivity index is 1.94. The summed E-state index contributed by atoms with van der Waals surface area (Å²) in [4.78, 5) is 4.38. The van der Waals surface area contributed by atoms with E-state index in [4.69, 9.17) is 19.9 Å². The minimum absolute atomic E-state index is 0.370. The number of hydrogen-bond acceptors (Lipinski definition) is 4. The second-order valence-electron chi connectivity index (χ2n) is 5.52. The molecule has 6 nitrogen and oxygen atoms in total. The van der Waals surface area contributed by atoms with E-state index in [1.165, 1.54) is 0 Å².